The molecule has 0 bridgehead atoms. The van der Waals surface area contributed by atoms with Crippen LogP contribution in [0.1, 0.15) is 31.7 Å². The fourth-order valence-electron chi connectivity index (χ4n) is 2.01. The van der Waals surface area contributed by atoms with Crippen LogP contribution in [0.4, 0.5) is 0 Å². The Kier molecular flexibility index (Phi) is 6.10. The first-order chi connectivity index (χ1) is 7.36. The molecule has 0 amide bonds. The third-order valence-electron chi connectivity index (χ3n) is 2.83. The van der Waals surface area contributed by atoms with Crippen LogP contribution >= 0.6 is 0 Å². The van der Waals surface area contributed by atoms with E-state index >= 15 is 0 Å². The minimum Gasteiger partial charge on any atom is -0.319 e. The molecule has 0 aliphatic rings. The predicted octanol–water partition coefficient (Wildman–Crippen LogP) is 3.25. The minimum absolute atomic E-state index is 0.789. The van der Waals surface area contributed by atoms with E-state index in [0.717, 1.165) is 12.5 Å². The first kappa shape index (κ1) is 12.3. The lowest BCUT2D eigenvalue weighted by Gasteiger charge is -2.16. The summed E-state index contributed by atoms with van der Waals surface area (Å²) in [5, 5.41) is 3.30. The topological polar surface area (TPSA) is 12.0 Å². The predicted molar refractivity (Wildman–Crippen MR) is 67.1 cm³/mol. The summed E-state index contributed by atoms with van der Waals surface area (Å²) in [6.07, 6.45) is 5.20. The van der Waals surface area contributed by atoms with Gasteiger partial charge in [-0.05, 0) is 37.9 Å². The van der Waals surface area contributed by atoms with Crippen molar-refractivity contribution in [1.82, 2.24) is 5.32 Å². The van der Waals surface area contributed by atoms with Crippen LogP contribution < -0.4 is 5.32 Å². The van der Waals surface area contributed by atoms with Crippen molar-refractivity contribution in [2.45, 2.75) is 32.6 Å². The van der Waals surface area contributed by atoms with Gasteiger partial charge in [-0.2, -0.15) is 0 Å². The highest BCUT2D eigenvalue weighted by atomic mass is 14.8. The number of unbranched alkanes of at least 4 members (excludes halogenated alkanes) is 1. The average molecular weight is 205 g/mol. The SMILES string of the molecule is CCCCC(CNC)Cc1ccccc1. The molecule has 0 aliphatic carbocycles. The van der Waals surface area contributed by atoms with Gasteiger partial charge in [-0.3, -0.25) is 0 Å². The molecule has 0 radical (unpaired) electrons. The summed E-state index contributed by atoms with van der Waals surface area (Å²) in [6.45, 7) is 3.40. The number of hydrogen-bond acceptors (Lipinski definition) is 1. The summed E-state index contributed by atoms with van der Waals surface area (Å²) in [5.41, 5.74) is 1.47. The van der Waals surface area contributed by atoms with Gasteiger partial charge in [0.05, 0.1) is 0 Å². The zero-order valence-electron chi connectivity index (χ0n) is 10.00. The van der Waals surface area contributed by atoms with Crippen molar-refractivity contribution in [2.24, 2.45) is 5.92 Å². The maximum absolute atomic E-state index is 3.30. The average Bonchev–Trinajstić information content (AvgIpc) is 2.28. The summed E-state index contributed by atoms with van der Waals surface area (Å²) in [6, 6.07) is 10.8. The van der Waals surface area contributed by atoms with Gasteiger partial charge in [0.15, 0.2) is 0 Å². The van der Waals surface area contributed by atoms with E-state index in [2.05, 4.69) is 42.6 Å². The molecule has 1 atom stereocenters. The lowest BCUT2D eigenvalue weighted by Crippen LogP contribution is -2.20. The molecule has 15 heavy (non-hydrogen) atoms. The van der Waals surface area contributed by atoms with Gasteiger partial charge in [0.2, 0.25) is 0 Å². The highest BCUT2D eigenvalue weighted by Crippen LogP contribution is 2.14. The summed E-state index contributed by atoms with van der Waals surface area (Å²) in [5.74, 6) is 0.789. The summed E-state index contributed by atoms with van der Waals surface area (Å²) in [4.78, 5) is 0. The maximum Gasteiger partial charge on any atom is -0.00203 e. The van der Waals surface area contributed by atoms with Crippen molar-refractivity contribution in [3.05, 3.63) is 35.9 Å². The summed E-state index contributed by atoms with van der Waals surface area (Å²) >= 11 is 0. The molecule has 0 aliphatic heterocycles. The number of hydrogen-bond donors (Lipinski definition) is 1. The largest absolute Gasteiger partial charge is 0.319 e. The zero-order valence-corrected chi connectivity index (χ0v) is 10.00. The lowest BCUT2D eigenvalue weighted by atomic mass is 9.94. The van der Waals surface area contributed by atoms with Gasteiger partial charge in [0, 0.05) is 0 Å². The third kappa shape index (κ3) is 4.98. The Morgan fingerprint density at radius 3 is 2.53 bits per heavy atom. The van der Waals surface area contributed by atoms with E-state index in [1.165, 1.54) is 31.2 Å². The summed E-state index contributed by atoms with van der Waals surface area (Å²) < 4.78 is 0. The quantitative estimate of drug-likeness (QED) is 0.720. The van der Waals surface area contributed by atoms with Crippen molar-refractivity contribution < 1.29 is 0 Å². The Bertz CT molecular complexity index is 243. The molecule has 1 N–H and O–H groups in total. The Balaban J connectivity index is 2.43. The fourth-order valence-corrected chi connectivity index (χ4v) is 2.01. The van der Waals surface area contributed by atoms with Gasteiger partial charge < -0.3 is 5.32 Å². The molecule has 0 saturated heterocycles. The Labute approximate surface area is 93.9 Å². The number of benzene rings is 1. The number of nitrogens with one attached hydrogen (secondary N) is 1. The number of rotatable bonds is 7. The molecular formula is C14H23N. The van der Waals surface area contributed by atoms with E-state index in [4.69, 9.17) is 0 Å². The van der Waals surface area contributed by atoms with Crippen molar-refractivity contribution in [2.75, 3.05) is 13.6 Å². The van der Waals surface area contributed by atoms with Crippen LogP contribution in [0.15, 0.2) is 30.3 Å². The normalized spacial score (nSPS) is 12.7. The maximum atomic E-state index is 3.30. The minimum atomic E-state index is 0.789. The molecule has 1 aromatic carbocycles. The second-order valence-electron chi connectivity index (χ2n) is 4.26. The second-order valence-corrected chi connectivity index (χ2v) is 4.26. The molecular weight excluding hydrogens is 182 g/mol. The van der Waals surface area contributed by atoms with E-state index < -0.39 is 0 Å². The molecule has 0 heterocycles. The van der Waals surface area contributed by atoms with Gasteiger partial charge >= 0.3 is 0 Å². The lowest BCUT2D eigenvalue weighted by molar-refractivity contribution is 0.444. The molecule has 0 saturated carbocycles. The molecule has 1 aromatic rings. The molecule has 1 unspecified atom stereocenters. The summed E-state index contributed by atoms with van der Waals surface area (Å²) in [7, 11) is 2.05. The van der Waals surface area contributed by atoms with Crippen molar-refractivity contribution in [3.8, 4) is 0 Å². The smallest absolute Gasteiger partial charge is 0.00203 e. The zero-order chi connectivity index (χ0) is 10.9. The van der Waals surface area contributed by atoms with Gasteiger partial charge in [0.1, 0.15) is 0 Å². The van der Waals surface area contributed by atoms with Crippen LogP contribution in [0.3, 0.4) is 0 Å². The van der Waals surface area contributed by atoms with Crippen molar-refractivity contribution >= 4 is 0 Å². The highest BCUT2D eigenvalue weighted by Gasteiger charge is 2.07. The van der Waals surface area contributed by atoms with E-state index in [1.54, 1.807) is 0 Å². The fraction of sp³-hybridized carbons (Fsp3) is 0.571. The Morgan fingerprint density at radius 2 is 1.93 bits per heavy atom. The van der Waals surface area contributed by atoms with Crippen LogP contribution in [0.25, 0.3) is 0 Å². The van der Waals surface area contributed by atoms with Crippen LogP contribution in [-0.4, -0.2) is 13.6 Å². The van der Waals surface area contributed by atoms with Crippen LogP contribution in [0.2, 0.25) is 0 Å². The van der Waals surface area contributed by atoms with Crippen LogP contribution in [0, 0.1) is 5.92 Å². The molecule has 0 aromatic heterocycles. The van der Waals surface area contributed by atoms with Crippen molar-refractivity contribution in [3.63, 3.8) is 0 Å². The van der Waals surface area contributed by atoms with Gasteiger partial charge in [-0.25, -0.2) is 0 Å². The van der Waals surface area contributed by atoms with Crippen molar-refractivity contribution in [1.29, 1.82) is 0 Å². The Morgan fingerprint density at radius 1 is 1.20 bits per heavy atom. The van der Waals surface area contributed by atoms with Gasteiger partial charge in [0.25, 0.3) is 0 Å². The molecule has 84 valence electrons. The van der Waals surface area contributed by atoms with E-state index in [9.17, 15) is 0 Å². The third-order valence-corrected chi connectivity index (χ3v) is 2.83. The molecule has 0 fully saturated rings. The van der Waals surface area contributed by atoms with Gasteiger partial charge in [-0.15, -0.1) is 0 Å². The first-order valence-electron chi connectivity index (χ1n) is 6.05. The monoisotopic (exact) mass is 205 g/mol. The molecule has 1 heteroatoms. The standard InChI is InChI=1S/C14H23N/c1-3-4-8-14(12-15-2)11-13-9-6-5-7-10-13/h5-7,9-10,14-15H,3-4,8,11-12H2,1-2H3. The first-order valence-corrected chi connectivity index (χ1v) is 6.05. The molecule has 1 nitrogen and oxygen atoms in total. The second kappa shape index (κ2) is 7.47. The van der Waals surface area contributed by atoms with Gasteiger partial charge in [-0.1, -0.05) is 50.1 Å². The van der Waals surface area contributed by atoms with E-state index in [0.29, 0.717) is 0 Å². The molecule has 0 spiro atoms. The van der Waals surface area contributed by atoms with Crippen LogP contribution in [-0.2, 0) is 6.42 Å². The van der Waals surface area contributed by atoms with E-state index in [-0.39, 0.29) is 0 Å². The highest BCUT2D eigenvalue weighted by molar-refractivity contribution is 5.15. The van der Waals surface area contributed by atoms with E-state index in [1.807, 2.05) is 7.05 Å². The molecule has 1 rings (SSSR count). The van der Waals surface area contributed by atoms with Crippen LogP contribution in [0.5, 0.6) is 0 Å². The Hall–Kier alpha value is -0.820.